The lowest BCUT2D eigenvalue weighted by molar-refractivity contribution is -0.141. The van der Waals surface area contributed by atoms with Crippen LogP contribution in [0.5, 0.6) is 11.6 Å². The number of hydrogen-bond acceptors (Lipinski definition) is 11. The third-order valence-corrected chi connectivity index (χ3v) is 15.3. The maximum atomic E-state index is 14.9. The van der Waals surface area contributed by atoms with Crippen LogP contribution in [0.3, 0.4) is 0 Å². The van der Waals surface area contributed by atoms with Crippen molar-refractivity contribution in [3.05, 3.63) is 53.7 Å². The van der Waals surface area contributed by atoms with E-state index in [-0.39, 0.29) is 30.2 Å². The van der Waals surface area contributed by atoms with Gasteiger partial charge in [0.25, 0.3) is 5.91 Å². The summed E-state index contributed by atoms with van der Waals surface area (Å²) in [7, 11) is -6.29. The van der Waals surface area contributed by atoms with Crippen LogP contribution < -0.4 is 29.6 Å². The molecule has 19 heteroatoms. The van der Waals surface area contributed by atoms with Gasteiger partial charge < -0.3 is 25.0 Å². The zero-order valence-electron chi connectivity index (χ0n) is 32.7. The number of nitrogens with zero attached hydrogens (tertiary/aromatic N) is 2. The molecule has 3 amide bonds. The van der Waals surface area contributed by atoms with Crippen LogP contribution in [0, 0.1) is 5.41 Å². The van der Waals surface area contributed by atoms with Gasteiger partial charge in [-0.1, -0.05) is 61.0 Å². The molecule has 0 bridgehead atoms. The molecule has 2 aliphatic carbocycles. The molecule has 0 spiro atoms. The number of methoxy groups -OCH3 is 1. The molecule has 3 fully saturated rings. The van der Waals surface area contributed by atoms with E-state index in [9.17, 15) is 31.2 Å². The molecule has 15 nitrogen and oxygen atoms in total. The normalized spacial score (nSPS) is 23.1. The smallest absolute Gasteiger partial charge is 0.260 e. The Kier molecular flexibility index (Phi) is 11.8. The van der Waals surface area contributed by atoms with Crippen molar-refractivity contribution < 1.29 is 40.7 Å². The lowest BCUT2D eigenvalue weighted by atomic mass is 9.85. The Hall–Kier alpha value is -3.46. The number of sulfonamides is 2. The summed E-state index contributed by atoms with van der Waals surface area (Å²) in [5.41, 5.74) is -2.65. The lowest BCUT2D eigenvalue weighted by Crippen LogP contribution is -2.58. The molecule has 57 heavy (non-hydrogen) atoms. The van der Waals surface area contributed by atoms with E-state index in [0.29, 0.717) is 40.1 Å². The second kappa shape index (κ2) is 15.6. The van der Waals surface area contributed by atoms with Crippen molar-refractivity contribution in [2.75, 3.05) is 19.0 Å². The van der Waals surface area contributed by atoms with Gasteiger partial charge in [-0.15, -0.1) is 0 Å². The first-order valence-corrected chi connectivity index (χ1v) is 23.1. The number of amides is 3. The lowest BCUT2D eigenvalue weighted by Gasteiger charge is -2.36. The van der Waals surface area contributed by atoms with E-state index < -0.39 is 81.6 Å². The number of aromatic nitrogens is 1. The standard InChI is InChI=1S/C38H48ClIN6O9S2/c1-36(2,3)31(42-22-9-8-10-25(16-22)57(52,53)45-37(4,5)6)34(48)46-20-23(55-33-27-15-21(39)11-14-26(27)29(54-7)19-41-33)17-28(46)32(47)43-38(18-30(38)40)35(49)44-56(50,51)24-12-13-24/h8-11,14-16,19,23-24,28,30-31,42,45H,12-13,17-18,20H2,1-7H3,(H,43,47)(H,44,49)/t23-,28+,30-,31-,38-/m1/s1. The molecule has 1 saturated heterocycles. The van der Waals surface area contributed by atoms with E-state index >= 15 is 0 Å². The molecule has 2 saturated carbocycles. The fourth-order valence-corrected chi connectivity index (χ4v) is 10.9. The first-order chi connectivity index (χ1) is 26.4. The SMILES string of the molecule is COc1cnc(O[C@@H]2C[C@@H](C(=O)N[C@]3(C(=O)NS(=O)(=O)C4CC4)C[C@H]3I)N(C(=O)[C@@H](Nc3cccc(S(=O)(=O)NC(C)(C)C)c3)C(C)(C)C)C2)c2cc(Cl)ccc12. The number of hydrogen-bond donors (Lipinski definition) is 4. The van der Waals surface area contributed by atoms with E-state index in [4.69, 9.17) is 21.1 Å². The van der Waals surface area contributed by atoms with Crippen LogP contribution >= 0.6 is 34.2 Å². The van der Waals surface area contributed by atoms with Crippen molar-refractivity contribution in [1.82, 2.24) is 24.6 Å². The van der Waals surface area contributed by atoms with Crippen LogP contribution in [0.4, 0.5) is 5.69 Å². The van der Waals surface area contributed by atoms with Crippen LogP contribution in [0.25, 0.3) is 10.8 Å². The fraction of sp³-hybridized carbons (Fsp3) is 0.526. The molecular formula is C38H48ClIN6O9S2. The number of alkyl halides is 1. The highest BCUT2D eigenvalue weighted by molar-refractivity contribution is 14.1. The highest BCUT2D eigenvalue weighted by Gasteiger charge is 2.62. The van der Waals surface area contributed by atoms with Gasteiger partial charge in [-0.25, -0.2) is 26.5 Å². The second-order valence-corrected chi connectivity index (χ2v) is 22.5. The Morgan fingerprint density at radius 2 is 1.70 bits per heavy atom. The Morgan fingerprint density at radius 3 is 2.30 bits per heavy atom. The molecule has 310 valence electrons. The third kappa shape index (κ3) is 9.55. The summed E-state index contributed by atoms with van der Waals surface area (Å²) in [6.45, 7) is 10.7. The first-order valence-electron chi connectivity index (χ1n) is 18.5. The number of carbonyl (C=O) groups excluding carboxylic acids is 3. The number of carbonyl (C=O) groups is 3. The highest BCUT2D eigenvalue weighted by Crippen LogP contribution is 2.45. The van der Waals surface area contributed by atoms with Crippen molar-refractivity contribution in [3.8, 4) is 11.6 Å². The average Bonchev–Trinajstić information content (AvgIpc) is 4.03. The topological polar surface area (TPSA) is 202 Å². The van der Waals surface area contributed by atoms with Crippen molar-refractivity contribution >= 4 is 88.4 Å². The summed E-state index contributed by atoms with van der Waals surface area (Å²) in [5.74, 6) is -1.26. The van der Waals surface area contributed by atoms with Crippen LogP contribution in [-0.2, 0) is 34.4 Å². The number of benzene rings is 2. The first kappa shape index (κ1) is 43.1. The molecule has 1 aromatic heterocycles. The Balaban J connectivity index is 1.32. The molecule has 2 aromatic carbocycles. The van der Waals surface area contributed by atoms with Gasteiger partial charge in [0.2, 0.25) is 37.7 Å². The van der Waals surface area contributed by atoms with E-state index in [1.54, 1.807) is 51.1 Å². The number of pyridine rings is 1. The Bertz CT molecular complexity index is 2310. The summed E-state index contributed by atoms with van der Waals surface area (Å²) in [4.78, 5) is 48.6. The molecule has 1 aliphatic heterocycles. The minimum absolute atomic E-state index is 0.000387. The van der Waals surface area contributed by atoms with Gasteiger partial charge in [0.1, 0.15) is 29.5 Å². The molecule has 5 atom stereocenters. The maximum absolute atomic E-state index is 14.9. The molecule has 2 heterocycles. The minimum Gasteiger partial charge on any atom is -0.494 e. The number of ether oxygens (including phenoxy) is 2. The van der Waals surface area contributed by atoms with Crippen LogP contribution in [0.2, 0.25) is 5.02 Å². The molecule has 6 rings (SSSR count). The third-order valence-electron chi connectivity index (χ3n) is 9.96. The van der Waals surface area contributed by atoms with Crippen LogP contribution in [-0.4, -0.2) is 96.5 Å². The zero-order valence-corrected chi connectivity index (χ0v) is 37.2. The predicted molar refractivity (Wildman–Crippen MR) is 225 cm³/mol. The summed E-state index contributed by atoms with van der Waals surface area (Å²) in [6.07, 6.45) is 1.85. The second-order valence-electron chi connectivity index (χ2n) is 16.9. The Morgan fingerprint density at radius 1 is 1.02 bits per heavy atom. The van der Waals surface area contributed by atoms with Gasteiger partial charge in [0, 0.05) is 37.4 Å². The van der Waals surface area contributed by atoms with Crippen LogP contribution in [0.15, 0.2) is 53.6 Å². The number of fused-ring (bicyclic) bond motifs is 1. The molecule has 3 aliphatic rings. The molecule has 0 unspecified atom stereocenters. The summed E-state index contributed by atoms with van der Waals surface area (Å²) in [5, 5.41) is 7.07. The summed E-state index contributed by atoms with van der Waals surface area (Å²) >= 11 is 8.37. The number of halogens is 2. The van der Waals surface area contributed by atoms with Crippen LogP contribution in [0.1, 0.15) is 67.2 Å². The predicted octanol–water partition coefficient (Wildman–Crippen LogP) is 4.52. The number of rotatable bonds is 13. The van der Waals surface area contributed by atoms with Crippen molar-refractivity contribution in [2.24, 2.45) is 5.41 Å². The zero-order chi connectivity index (χ0) is 41.9. The number of anilines is 1. The van der Waals surface area contributed by atoms with Crippen molar-refractivity contribution in [2.45, 2.75) is 111 Å². The van der Waals surface area contributed by atoms with Gasteiger partial charge in [-0.3, -0.25) is 19.1 Å². The van der Waals surface area contributed by atoms with E-state index in [2.05, 4.69) is 25.1 Å². The van der Waals surface area contributed by atoms with Gasteiger partial charge in [0.15, 0.2) is 0 Å². The molecule has 4 N–H and O–H groups in total. The van der Waals surface area contributed by atoms with Gasteiger partial charge in [-0.05, 0) is 81.8 Å². The van der Waals surface area contributed by atoms with E-state index in [1.807, 2.05) is 43.4 Å². The monoisotopic (exact) mass is 958 g/mol. The number of nitrogens with one attached hydrogen (secondary N) is 4. The molecular weight excluding hydrogens is 911 g/mol. The quantitative estimate of drug-likeness (QED) is 0.139. The van der Waals surface area contributed by atoms with Gasteiger partial charge in [-0.2, -0.15) is 0 Å². The van der Waals surface area contributed by atoms with Crippen molar-refractivity contribution in [1.29, 1.82) is 0 Å². The van der Waals surface area contributed by atoms with Gasteiger partial charge >= 0.3 is 0 Å². The van der Waals surface area contributed by atoms with E-state index in [0.717, 1.165) is 0 Å². The largest absolute Gasteiger partial charge is 0.494 e. The van der Waals surface area contributed by atoms with E-state index in [1.165, 1.54) is 30.3 Å². The van der Waals surface area contributed by atoms with Gasteiger partial charge in [0.05, 0.1) is 30.0 Å². The summed E-state index contributed by atoms with van der Waals surface area (Å²) in [6, 6.07) is 9.14. The molecule has 3 aromatic rings. The fourth-order valence-electron chi connectivity index (χ4n) is 6.78. The minimum atomic E-state index is -3.91. The highest BCUT2D eigenvalue weighted by atomic mass is 127. The van der Waals surface area contributed by atoms with Crippen molar-refractivity contribution in [3.63, 3.8) is 0 Å². The molecule has 0 radical (unpaired) electrons. The maximum Gasteiger partial charge on any atom is 0.260 e. The average molecular weight is 959 g/mol. The summed E-state index contributed by atoms with van der Waals surface area (Å²) < 4.78 is 68.2. The Labute approximate surface area is 352 Å². The number of likely N-dealkylation sites (tertiary alicyclic amines) is 1.